The maximum absolute atomic E-state index is 11.5. The molecule has 0 spiro atoms. The third-order valence-electron chi connectivity index (χ3n) is 2.79. The predicted octanol–water partition coefficient (Wildman–Crippen LogP) is -0.338. The number of nitrogens with one attached hydrogen (secondary N) is 2. The van der Waals surface area contributed by atoms with Crippen molar-refractivity contribution in [2.45, 2.75) is 19.9 Å². The van der Waals surface area contributed by atoms with Crippen molar-refractivity contribution in [3.05, 3.63) is 0 Å². The molecule has 1 aliphatic heterocycles. The van der Waals surface area contributed by atoms with Crippen LogP contribution in [0, 0.1) is 5.92 Å². The molecule has 1 rings (SSSR count). The minimum Gasteiger partial charge on any atom is -0.358 e. The van der Waals surface area contributed by atoms with Gasteiger partial charge in [0.05, 0.1) is 6.04 Å². The van der Waals surface area contributed by atoms with Crippen LogP contribution in [0.4, 0.5) is 0 Å². The van der Waals surface area contributed by atoms with Gasteiger partial charge in [-0.2, -0.15) is 0 Å². The number of likely N-dealkylation sites (N-methyl/N-ethyl adjacent to an activating group) is 1. The Balaban J connectivity index is 2.52. The van der Waals surface area contributed by atoms with Crippen molar-refractivity contribution in [1.82, 2.24) is 15.5 Å². The second kappa shape index (κ2) is 5.32. The molecule has 2 atom stereocenters. The zero-order chi connectivity index (χ0) is 10.6. The predicted molar refractivity (Wildman–Crippen MR) is 57.1 cm³/mol. The molecule has 4 heteroatoms. The van der Waals surface area contributed by atoms with E-state index in [0.717, 1.165) is 26.2 Å². The maximum Gasteiger partial charge on any atom is 0.236 e. The van der Waals surface area contributed by atoms with E-state index in [9.17, 15) is 4.79 Å². The molecule has 0 aromatic carbocycles. The molecule has 1 fully saturated rings. The number of amides is 1. The van der Waals surface area contributed by atoms with Crippen molar-refractivity contribution in [2.24, 2.45) is 5.92 Å². The summed E-state index contributed by atoms with van der Waals surface area (Å²) in [7, 11) is 1.69. The topological polar surface area (TPSA) is 44.4 Å². The van der Waals surface area contributed by atoms with Crippen molar-refractivity contribution < 1.29 is 4.79 Å². The fourth-order valence-electron chi connectivity index (χ4n) is 1.85. The van der Waals surface area contributed by atoms with Crippen LogP contribution in [0.3, 0.4) is 0 Å². The first-order valence-electron chi connectivity index (χ1n) is 5.31. The average Bonchev–Trinajstić information content (AvgIpc) is 2.40. The van der Waals surface area contributed by atoms with Crippen molar-refractivity contribution in [3.8, 4) is 0 Å². The Hall–Kier alpha value is -0.610. The van der Waals surface area contributed by atoms with Crippen molar-refractivity contribution >= 4 is 5.91 Å². The van der Waals surface area contributed by atoms with E-state index in [2.05, 4.69) is 22.5 Å². The zero-order valence-corrected chi connectivity index (χ0v) is 9.34. The second-order valence-electron chi connectivity index (χ2n) is 4.09. The first-order chi connectivity index (χ1) is 6.65. The fourth-order valence-corrected chi connectivity index (χ4v) is 1.85. The number of rotatable bonds is 2. The quantitative estimate of drug-likeness (QED) is 0.639. The summed E-state index contributed by atoms with van der Waals surface area (Å²) >= 11 is 0. The Morgan fingerprint density at radius 3 is 3.00 bits per heavy atom. The monoisotopic (exact) mass is 199 g/mol. The molecule has 4 nitrogen and oxygen atoms in total. The van der Waals surface area contributed by atoms with E-state index in [0.29, 0.717) is 5.92 Å². The van der Waals surface area contributed by atoms with Crippen LogP contribution in [0.1, 0.15) is 13.8 Å². The van der Waals surface area contributed by atoms with Crippen LogP contribution in [0.15, 0.2) is 0 Å². The van der Waals surface area contributed by atoms with Crippen LogP contribution < -0.4 is 10.6 Å². The highest BCUT2D eigenvalue weighted by Crippen LogP contribution is 2.06. The van der Waals surface area contributed by atoms with Crippen LogP contribution in [-0.2, 0) is 4.79 Å². The molecule has 2 unspecified atom stereocenters. The minimum atomic E-state index is -0.0117. The Morgan fingerprint density at radius 1 is 1.64 bits per heavy atom. The van der Waals surface area contributed by atoms with Gasteiger partial charge in [-0.05, 0) is 19.4 Å². The van der Waals surface area contributed by atoms with Gasteiger partial charge in [0.25, 0.3) is 0 Å². The van der Waals surface area contributed by atoms with E-state index >= 15 is 0 Å². The van der Waals surface area contributed by atoms with Gasteiger partial charge in [-0.1, -0.05) is 6.92 Å². The average molecular weight is 199 g/mol. The molecule has 0 saturated carbocycles. The third kappa shape index (κ3) is 2.96. The van der Waals surface area contributed by atoms with Crippen LogP contribution >= 0.6 is 0 Å². The Labute approximate surface area is 86.0 Å². The maximum atomic E-state index is 11.5. The number of hydrogen-bond acceptors (Lipinski definition) is 3. The molecule has 0 bridgehead atoms. The second-order valence-corrected chi connectivity index (χ2v) is 4.09. The summed E-state index contributed by atoms with van der Waals surface area (Å²) in [5, 5.41) is 6.06. The van der Waals surface area contributed by atoms with Crippen molar-refractivity contribution in [1.29, 1.82) is 0 Å². The molecule has 0 aliphatic carbocycles. The molecule has 0 aromatic rings. The normalized spacial score (nSPS) is 26.6. The van der Waals surface area contributed by atoms with E-state index in [4.69, 9.17) is 0 Å². The van der Waals surface area contributed by atoms with Gasteiger partial charge in [-0.3, -0.25) is 9.69 Å². The van der Waals surface area contributed by atoms with E-state index in [1.807, 2.05) is 6.92 Å². The van der Waals surface area contributed by atoms with Gasteiger partial charge in [0.15, 0.2) is 0 Å². The largest absolute Gasteiger partial charge is 0.358 e. The molecule has 2 N–H and O–H groups in total. The molecule has 1 heterocycles. The van der Waals surface area contributed by atoms with Crippen LogP contribution in [0.5, 0.6) is 0 Å². The lowest BCUT2D eigenvalue weighted by Gasteiger charge is -2.27. The Bertz CT molecular complexity index is 196. The summed E-state index contributed by atoms with van der Waals surface area (Å²) in [6.45, 7) is 8.17. The molecular weight excluding hydrogens is 178 g/mol. The molecule has 82 valence electrons. The zero-order valence-electron chi connectivity index (χ0n) is 9.34. The molecular formula is C10H21N3O. The molecule has 14 heavy (non-hydrogen) atoms. The van der Waals surface area contributed by atoms with Gasteiger partial charge in [-0.25, -0.2) is 0 Å². The summed E-state index contributed by atoms with van der Waals surface area (Å²) in [4.78, 5) is 13.7. The lowest BCUT2D eigenvalue weighted by molar-refractivity contribution is -0.125. The van der Waals surface area contributed by atoms with Crippen LogP contribution in [-0.4, -0.2) is 50.1 Å². The Morgan fingerprint density at radius 2 is 2.36 bits per heavy atom. The standard InChI is InChI=1S/C10H21N3O/c1-8-6-12-4-5-13(7-8)9(2)10(14)11-3/h8-9,12H,4-7H2,1-3H3,(H,11,14). The van der Waals surface area contributed by atoms with Gasteiger partial charge >= 0.3 is 0 Å². The van der Waals surface area contributed by atoms with E-state index in [1.54, 1.807) is 7.05 Å². The molecule has 1 amide bonds. The summed E-state index contributed by atoms with van der Waals surface area (Å²) in [5.74, 6) is 0.726. The summed E-state index contributed by atoms with van der Waals surface area (Å²) in [6, 6.07) is -0.0117. The number of hydrogen-bond donors (Lipinski definition) is 2. The minimum absolute atomic E-state index is 0.0117. The summed E-state index contributed by atoms with van der Waals surface area (Å²) in [5.41, 5.74) is 0. The van der Waals surface area contributed by atoms with Gasteiger partial charge < -0.3 is 10.6 Å². The molecule has 1 aliphatic rings. The van der Waals surface area contributed by atoms with E-state index < -0.39 is 0 Å². The number of nitrogens with zero attached hydrogens (tertiary/aromatic N) is 1. The lowest BCUT2D eigenvalue weighted by Crippen LogP contribution is -2.46. The van der Waals surface area contributed by atoms with E-state index in [1.165, 1.54) is 0 Å². The summed E-state index contributed by atoms with van der Waals surface area (Å²) in [6.07, 6.45) is 0. The van der Waals surface area contributed by atoms with Crippen molar-refractivity contribution in [3.63, 3.8) is 0 Å². The van der Waals surface area contributed by atoms with Gasteiger partial charge in [0, 0.05) is 26.7 Å². The highest BCUT2D eigenvalue weighted by molar-refractivity contribution is 5.80. The molecule has 0 aromatic heterocycles. The lowest BCUT2D eigenvalue weighted by atomic mass is 10.1. The van der Waals surface area contributed by atoms with E-state index in [-0.39, 0.29) is 11.9 Å². The SMILES string of the molecule is CNC(=O)C(C)N1CCNCC(C)C1. The fraction of sp³-hybridized carbons (Fsp3) is 0.900. The van der Waals surface area contributed by atoms with Crippen molar-refractivity contribution in [2.75, 3.05) is 33.2 Å². The third-order valence-corrected chi connectivity index (χ3v) is 2.79. The highest BCUT2D eigenvalue weighted by Gasteiger charge is 2.23. The molecule has 0 radical (unpaired) electrons. The van der Waals surface area contributed by atoms with Crippen LogP contribution in [0.2, 0.25) is 0 Å². The first-order valence-corrected chi connectivity index (χ1v) is 5.31. The van der Waals surface area contributed by atoms with Gasteiger partial charge in [0.1, 0.15) is 0 Å². The molecule has 1 saturated heterocycles. The van der Waals surface area contributed by atoms with Gasteiger partial charge in [0.2, 0.25) is 5.91 Å². The number of carbonyl (C=O) groups is 1. The Kier molecular flexibility index (Phi) is 4.35. The smallest absolute Gasteiger partial charge is 0.236 e. The number of carbonyl (C=O) groups excluding carboxylic acids is 1. The highest BCUT2D eigenvalue weighted by atomic mass is 16.2. The first kappa shape index (κ1) is 11.5. The van der Waals surface area contributed by atoms with Gasteiger partial charge in [-0.15, -0.1) is 0 Å². The summed E-state index contributed by atoms with van der Waals surface area (Å²) < 4.78 is 0. The van der Waals surface area contributed by atoms with Crippen LogP contribution in [0.25, 0.3) is 0 Å².